The maximum Gasteiger partial charge on any atom is 0.338 e. The molecule has 0 atom stereocenters. The van der Waals surface area contributed by atoms with Gasteiger partial charge in [-0.2, -0.15) is 4.09 Å². The number of aryl methyl sites for hydroxylation is 1. The first-order chi connectivity index (χ1) is 23.0. The second kappa shape index (κ2) is 17.0. The van der Waals surface area contributed by atoms with Crippen molar-refractivity contribution in [2.75, 3.05) is 14.2 Å². The van der Waals surface area contributed by atoms with E-state index in [2.05, 4.69) is 31.2 Å². The van der Waals surface area contributed by atoms with Crippen molar-refractivity contribution in [3.05, 3.63) is 125 Å². The number of rotatable bonds is 15. The number of esters is 2. The lowest BCUT2D eigenvalue weighted by Gasteiger charge is -2.09. The summed E-state index contributed by atoms with van der Waals surface area (Å²) in [6.45, 7) is 2.22. The first-order valence-corrected chi connectivity index (χ1v) is 17.7. The Morgan fingerprint density at radius 2 is 1.21 bits per heavy atom. The van der Waals surface area contributed by atoms with Gasteiger partial charge in [-0.3, -0.25) is 0 Å². The summed E-state index contributed by atoms with van der Waals surface area (Å²) in [5.41, 5.74) is 7.05. The first-order valence-electron chi connectivity index (χ1n) is 15.8. The van der Waals surface area contributed by atoms with E-state index in [4.69, 9.17) is 19.6 Å². The molecular formula is C38H39N3O4S2. The van der Waals surface area contributed by atoms with Crippen LogP contribution < -0.4 is 0 Å². The van der Waals surface area contributed by atoms with Crippen LogP contribution in [0.1, 0.15) is 70.3 Å². The molecular weight excluding hydrogens is 627 g/mol. The van der Waals surface area contributed by atoms with Crippen molar-refractivity contribution in [2.24, 2.45) is 0 Å². The molecule has 242 valence electrons. The molecule has 0 saturated carbocycles. The van der Waals surface area contributed by atoms with E-state index < -0.39 is 0 Å². The molecule has 47 heavy (non-hydrogen) atoms. The molecule has 5 rings (SSSR count). The van der Waals surface area contributed by atoms with Gasteiger partial charge in [-0.25, -0.2) is 14.6 Å². The summed E-state index contributed by atoms with van der Waals surface area (Å²) in [6, 6.07) is 31.5. The maximum atomic E-state index is 12.3. The van der Waals surface area contributed by atoms with Crippen molar-refractivity contribution in [2.45, 2.75) is 55.7 Å². The fraction of sp³-hybridized carbons (Fsp3) is 0.263. The van der Waals surface area contributed by atoms with Gasteiger partial charge >= 0.3 is 11.9 Å². The molecule has 1 aromatic heterocycles. The Balaban J connectivity index is 1.25. The standard InChI is InChI=1S/C38H39N3O4S2/c1-4-5-6-7-16-35-39-38(46-25-27-17-21-29(22-18-27)31-12-8-10-14-33(31)36(42)44-2)40-41(35)47-26-28-19-23-30(24-20-28)32-13-9-11-15-34(32)37(43)45-3/h8-15,17-24H,4-7,16,25-26H2,1-3H3. The number of carbonyl (C=O) groups excluding carboxylic acids is 2. The average molecular weight is 666 g/mol. The number of hydrogen-bond acceptors (Lipinski definition) is 8. The second-order valence-corrected chi connectivity index (χ2v) is 12.9. The summed E-state index contributed by atoms with van der Waals surface area (Å²) < 4.78 is 11.9. The number of benzene rings is 4. The molecule has 5 aromatic rings. The number of hydrogen-bond donors (Lipinski definition) is 0. The van der Waals surface area contributed by atoms with Crippen LogP contribution in [0.15, 0.2) is 102 Å². The molecule has 0 unspecified atom stereocenters. The van der Waals surface area contributed by atoms with E-state index in [1.165, 1.54) is 33.5 Å². The smallest absolute Gasteiger partial charge is 0.338 e. The lowest BCUT2D eigenvalue weighted by molar-refractivity contribution is 0.0592. The normalized spacial score (nSPS) is 11.0. The Hall–Kier alpha value is -4.34. The fourth-order valence-electron chi connectivity index (χ4n) is 5.23. The lowest BCUT2D eigenvalue weighted by Crippen LogP contribution is -2.03. The molecule has 7 nitrogen and oxygen atoms in total. The molecule has 0 amide bonds. The third-order valence-corrected chi connectivity index (χ3v) is 9.70. The first kappa shape index (κ1) is 34.0. The van der Waals surface area contributed by atoms with E-state index in [-0.39, 0.29) is 11.9 Å². The SMILES string of the molecule is CCCCCCc1nc(SCc2ccc(-c3ccccc3C(=O)OC)cc2)nn1SCc1ccc(-c2ccccc2C(=O)OC)cc1. The highest BCUT2D eigenvalue weighted by Gasteiger charge is 2.15. The number of carbonyl (C=O) groups is 2. The van der Waals surface area contributed by atoms with E-state index in [0.29, 0.717) is 11.1 Å². The Morgan fingerprint density at radius 3 is 1.74 bits per heavy atom. The molecule has 0 spiro atoms. The predicted molar refractivity (Wildman–Crippen MR) is 191 cm³/mol. The van der Waals surface area contributed by atoms with Crippen molar-refractivity contribution >= 4 is 35.6 Å². The molecule has 0 bridgehead atoms. The quantitative estimate of drug-likeness (QED) is 0.0622. The summed E-state index contributed by atoms with van der Waals surface area (Å²) in [5, 5.41) is 5.64. The van der Waals surface area contributed by atoms with Crippen LogP contribution in [0.5, 0.6) is 0 Å². The summed E-state index contributed by atoms with van der Waals surface area (Å²) >= 11 is 3.27. The Bertz CT molecular complexity index is 1790. The van der Waals surface area contributed by atoms with Crippen molar-refractivity contribution < 1.29 is 19.1 Å². The molecule has 0 saturated heterocycles. The van der Waals surface area contributed by atoms with Crippen LogP contribution in [-0.2, 0) is 27.4 Å². The molecule has 9 heteroatoms. The van der Waals surface area contributed by atoms with E-state index in [1.807, 2.05) is 64.8 Å². The lowest BCUT2D eigenvalue weighted by atomic mass is 9.99. The zero-order valence-electron chi connectivity index (χ0n) is 27.0. The highest BCUT2D eigenvalue weighted by atomic mass is 32.2. The minimum Gasteiger partial charge on any atom is -0.465 e. The zero-order valence-corrected chi connectivity index (χ0v) is 28.6. The second-order valence-electron chi connectivity index (χ2n) is 11.0. The van der Waals surface area contributed by atoms with Gasteiger partial charge in [0.05, 0.1) is 25.3 Å². The minimum atomic E-state index is -0.344. The molecule has 0 aliphatic rings. The largest absolute Gasteiger partial charge is 0.465 e. The highest BCUT2D eigenvalue weighted by molar-refractivity contribution is 7.98. The zero-order chi connectivity index (χ0) is 33.0. The minimum absolute atomic E-state index is 0.343. The molecule has 0 N–H and O–H groups in total. The Labute approximate surface area is 285 Å². The highest BCUT2D eigenvalue weighted by Crippen LogP contribution is 2.29. The van der Waals surface area contributed by atoms with Gasteiger partial charge in [0.1, 0.15) is 5.82 Å². The van der Waals surface area contributed by atoms with Gasteiger partial charge in [-0.15, -0.1) is 5.10 Å². The number of ether oxygens (including phenoxy) is 2. The fourth-order valence-corrected chi connectivity index (χ4v) is 6.96. The summed E-state index contributed by atoms with van der Waals surface area (Å²) in [7, 11) is 2.80. The van der Waals surface area contributed by atoms with Crippen molar-refractivity contribution in [1.29, 1.82) is 0 Å². The molecule has 0 aliphatic carbocycles. The number of unbranched alkanes of at least 4 members (excludes halogenated alkanes) is 3. The molecule has 4 aromatic carbocycles. The third-order valence-electron chi connectivity index (χ3n) is 7.79. The van der Waals surface area contributed by atoms with Gasteiger partial charge in [0.15, 0.2) is 0 Å². The van der Waals surface area contributed by atoms with Crippen LogP contribution in [0.2, 0.25) is 0 Å². The molecule has 0 aliphatic heterocycles. The van der Waals surface area contributed by atoms with Gasteiger partial charge < -0.3 is 9.47 Å². The van der Waals surface area contributed by atoms with Crippen molar-refractivity contribution in [3.63, 3.8) is 0 Å². The summed E-state index contributed by atoms with van der Waals surface area (Å²) in [5.74, 6) is 1.78. The predicted octanol–water partition coefficient (Wildman–Crippen LogP) is 9.30. The average Bonchev–Trinajstić information content (AvgIpc) is 3.53. The summed E-state index contributed by atoms with van der Waals surface area (Å²) in [6.07, 6.45) is 5.55. The van der Waals surface area contributed by atoms with Gasteiger partial charge in [0, 0.05) is 17.9 Å². The molecule has 0 fully saturated rings. The van der Waals surface area contributed by atoms with Gasteiger partial charge in [-0.1, -0.05) is 123 Å². The van der Waals surface area contributed by atoms with Gasteiger partial charge in [-0.05, 0) is 63.9 Å². The van der Waals surface area contributed by atoms with Crippen LogP contribution >= 0.6 is 23.7 Å². The Kier molecular flexibility index (Phi) is 12.3. The maximum absolute atomic E-state index is 12.3. The monoisotopic (exact) mass is 665 g/mol. The topological polar surface area (TPSA) is 83.3 Å². The van der Waals surface area contributed by atoms with Gasteiger partial charge in [0.2, 0.25) is 5.16 Å². The number of nitrogens with zero attached hydrogens (tertiary/aromatic N) is 3. The van der Waals surface area contributed by atoms with E-state index >= 15 is 0 Å². The van der Waals surface area contributed by atoms with E-state index in [0.717, 1.165) is 68.7 Å². The van der Waals surface area contributed by atoms with Crippen molar-refractivity contribution in [1.82, 2.24) is 14.2 Å². The van der Waals surface area contributed by atoms with Crippen LogP contribution in [0, 0.1) is 0 Å². The van der Waals surface area contributed by atoms with Crippen LogP contribution in [0.25, 0.3) is 22.3 Å². The van der Waals surface area contributed by atoms with E-state index in [1.54, 1.807) is 35.8 Å². The van der Waals surface area contributed by atoms with Gasteiger partial charge in [0.25, 0.3) is 0 Å². The van der Waals surface area contributed by atoms with Crippen LogP contribution in [0.3, 0.4) is 0 Å². The van der Waals surface area contributed by atoms with Crippen LogP contribution in [-0.4, -0.2) is 40.3 Å². The number of thioether (sulfide) groups is 1. The number of aromatic nitrogens is 3. The molecule has 0 radical (unpaired) electrons. The number of methoxy groups -OCH3 is 2. The summed E-state index contributed by atoms with van der Waals surface area (Å²) in [4.78, 5) is 29.4. The van der Waals surface area contributed by atoms with Crippen molar-refractivity contribution in [3.8, 4) is 22.3 Å². The third kappa shape index (κ3) is 8.93. The van der Waals surface area contributed by atoms with E-state index in [9.17, 15) is 9.59 Å². The van der Waals surface area contributed by atoms with Crippen LogP contribution in [0.4, 0.5) is 0 Å². The molecule has 1 heterocycles. The Morgan fingerprint density at radius 1 is 0.681 bits per heavy atom.